The number of nitrogens with one attached hydrogen (secondary N) is 3. The molecule has 66 valence electrons. The van der Waals surface area contributed by atoms with Crippen LogP contribution >= 0.6 is 0 Å². The zero-order valence-electron chi connectivity index (χ0n) is 6.34. The molecule has 2 heterocycles. The van der Waals surface area contributed by atoms with E-state index in [-0.39, 0.29) is 5.95 Å². The van der Waals surface area contributed by atoms with E-state index in [4.69, 9.17) is 0 Å². The van der Waals surface area contributed by atoms with Crippen LogP contribution in [0.3, 0.4) is 0 Å². The summed E-state index contributed by atoms with van der Waals surface area (Å²) in [7, 11) is 0. The lowest BCUT2D eigenvalue weighted by Gasteiger charge is -1.86. The van der Waals surface area contributed by atoms with E-state index >= 15 is 0 Å². The van der Waals surface area contributed by atoms with E-state index in [2.05, 4.69) is 46.1 Å². The topological polar surface area (TPSA) is 120 Å². The van der Waals surface area contributed by atoms with E-state index in [9.17, 15) is 0 Å². The summed E-state index contributed by atoms with van der Waals surface area (Å²) >= 11 is 0. The van der Waals surface area contributed by atoms with E-state index in [0.717, 1.165) is 0 Å². The van der Waals surface area contributed by atoms with Crippen LogP contribution in [0.1, 0.15) is 0 Å². The maximum atomic E-state index is 3.75. The molecule has 0 aliphatic carbocycles. The van der Waals surface area contributed by atoms with Gasteiger partial charge in [-0.15, -0.1) is 10.2 Å². The van der Waals surface area contributed by atoms with Gasteiger partial charge in [0.1, 0.15) is 12.7 Å². The van der Waals surface area contributed by atoms with Crippen molar-refractivity contribution in [3.63, 3.8) is 0 Å². The molecule has 0 saturated heterocycles. The second kappa shape index (κ2) is 3.38. The Morgan fingerprint density at radius 1 is 1.15 bits per heavy atom. The zero-order chi connectivity index (χ0) is 8.93. The number of hydrogen-bond acceptors (Lipinski definition) is 6. The standard InChI is InChI=1S/C4H5N9/c1-5-3(9-7-1)11-13-12-4-6-2-8-10-4/h1-2H,(H3,5,6,7,8,9,10,11,12). The number of anilines is 1. The van der Waals surface area contributed by atoms with Crippen LogP contribution in [0.5, 0.6) is 0 Å². The van der Waals surface area contributed by atoms with Gasteiger partial charge in [-0.05, 0) is 0 Å². The predicted octanol–water partition coefficient (Wildman–Crippen LogP) is 0.0336. The summed E-state index contributed by atoms with van der Waals surface area (Å²) in [6.07, 6.45) is 2.83. The van der Waals surface area contributed by atoms with E-state index in [1.54, 1.807) is 0 Å². The molecule has 2 aromatic heterocycles. The average molecular weight is 179 g/mol. The number of rotatable bonds is 3. The van der Waals surface area contributed by atoms with Gasteiger partial charge in [-0.3, -0.25) is 10.2 Å². The number of aromatic nitrogens is 6. The fourth-order valence-electron chi connectivity index (χ4n) is 0.627. The second-order valence-corrected chi connectivity index (χ2v) is 1.93. The molecule has 0 spiro atoms. The van der Waals surface area contributed by atoms with Crippen LogP contribution < -0.4 is 5.43 Å². The van der Waals surface area contributed by atoms with Crippen LogP contribution in [0.15, 0.2) is 23.0 Å². The van der Waals surface area contributed by atoms with Crippen LogP contribution in [0, 0.1) is 0 Å². The first-order chi connectivity index (χ1) is 6.45. The SMILES string of the molecule is c1nc(/N=N/Nc2nc[nH]n2)n[nH]1. The normalized spacial score (nSPS) is 10.8. The third-order valence-corrected chi connectivity index (χ3v) is 1.11. The highest BCUT2D eigenvalue weighted by Gasteiger charge is 1.92. The van der Waals surface area contributed by atoms with Crippen LogP contribution in [0.2, 0.25) is 0 Å². The van der Waals surface area contributed by atoms with E-state index < -0.39 is 0 Å². The van der Waals surface area contributed by atoms with Crippen molar-refractivity contribution in [2.45, 2.75) is 0 Å². The van der Waals surface area contributed by atoms with Gasteiger partial charge in [-0.25, -0.2) is 5.43 Å². The zero-order valence-corrected chi connectivity index (χ0v) is 6.34. The quantitative estimate of drug-likeness (QED) is 0.453. The Hall–Kier alpha value is -2.32. The molecule has 0 amide bonds. The number of aromatic amines is 2. The lowest BCUT2D eigenvalue weighted by molar-refractivity contribution is 0.999. The fourth-order valence-corrected chi connectivity index (χ4v) is 0.627. The minimum absolute atomic E-state index is 0.239. The van der Waals surface area contributed by atoms with Crippen molar-refractivity contribution in [2.24, 2.45) is 10.3 Å². The van der Waals surface area contributed by atoms with Gasteiger partial charge in [0.05, 0.1) is 0 Å². The Bertz CT molecular complexity index is 358. The maximum Gasteiger partial charge on any atom is 0.288 e. The first kappa shape index (κ1) is 7.34. The van der Waals surface area contributed by atoms with Gasteiger partial charge >= 0.3 is 0 Å². The van der Waals surface area contributed by atoms with E-state index in [1.165, 1.54) is 12.7 Å². The lowest BCUT2D eigenvalue weighted by atomic mass is 11.1. The highest BCUT2D eigenvalue weighted by atomic mass is 15.5. The highest BCUT2D eigenvalue weighted by Crippen LogP contribution is 2.00. The van der Waals surface area contributed by atoms with Gasteiger partial charge < -0.3 is 0 Å². The van der Waals surface area contributed by atoms with Crippen molar-refractivity contribution >= 4 is 11.9 Å². The number of nitrogens with zero attached hydrogens (tertiary/aromatic N) is 6. The molecule has 0 saturated carbocycles. The molecular formula is C4H5N9. The third-order valence-electron chi connectivity index (χ3n) is 1.11. The third kappa shape index (κ3) is 1.83. The largest absolute Gasteiger partial charge is 0.288 e. The number of H-pyrrole nitrogens is 2. The predicted molar refractivity (Wildman–Crippen MR) is 40.9 cm³/mol. The molecule has 2 aromatic rings. The van der Waals surface area contributed by atoms with Crippen LogP contribution in [-0.4, -0.2) is 30.4 Å². The lowest BCUT2D eigenvalue weighted by Crippen LogP contribution is -1.88. The Morgan fingerprint density at radius 2 is 2.00 bits per heavy atom. The summed E-state index contributed by atoms with van der Waals surface area (Å²) in [5, 5.41) is 19.5. The minimum Gasteiger partial charge on any atom is -0.264 e. The fraction of sp³-hybridized carbons (Fsp3) is 0. The van der Waals surface area contributed by atoms with Gasteiger partial charge in [-0.2, -0.15) is 9.97 Å². The molecule has 13 heavy (non-hydrogen) atoms. The molecule has 0 unspecified atom stereocenters. The van der Waals surface area contributed by atoms with Gasteiger partial charge in [-0.1, -0.05) is 10.3 Å². The average Bonchev–Trinajstić information content (AvgIpc) is 2.75. The van der Waals surface area contributed by atoms with Crippen molar-refractivity contribution in [1.82, 2.24) is 30.4 Å². The first-order valence-corrected chi connectivity index (χ1v) is 3.33. The molecule has 0 aromatic carbocycles. The summed E-state index contributed by atoms with van der Waals surface area (Å²) in [6, 6.07) is 0. The van der Waals surface area contributed by atoms with Crippen LogP contribution in [0.4, 0.5) is 11.9 Å². The first-order valence-electron chi connectivity index (χ1n) is 3.33. The van der Waals surface area contributed by atoms with Gasteiger partial charge in [0.15, 0.2) is 0 Å². The monoisotopic (exact) mass is 179 g/mol. The van der Waals surface area contributed by atoms with Crippen molar-refractivity contribution in [1.29, 1.82) is 0 Å². The highest BCUT2D eigenvalue weighted by molar-refractivity contribution is 5.18. The number of hydrogen-bond donors (Lipinski definition) is 3. The minimum atomic E-state index is 0.239. The molecular weight excluding hydrogens is 174 g/mol. The molecule has 9 nitrogen and oxygen atoms in total. The van der Waals surface area contributed by atoms with Crippen molar-refractivity contribution in [3.8, 4) is 0 Å². The molecule has 0 aliphatic rings. The summed E-state index contributed by atoms with van der Waals surface area (Å²) in [5.74, 6) is 0.572. The Morgan fingerprint density at radius 3 is 2.69 bits per heavy atom. The second-order valence-electron chi connectivity index (χ2n) is 1.93. The van der Waals surface area contributed by atoms with Crippen molar-refractivity contribution in [3.05, 3.63) is 12.7 Å². The van der Waals surface area contributed by atoms with Gasteiger partial charge in [0.25, 0.3) is 11.9 Å². The molecule has 0 fully saturated rings. The Kier molecular flexibility index (Phi) is 1.91. The Labute approximate surface area is 71.7 Å². The molecule has 0 aliphatic heterocycles. The van der Waals surface area contributed by atoms with Gasteiger partial charge in [0, 0.05) is 0 Å². The summed E-state index contributed by atoms with van der Waals surface area (Å²) in [6.45, 7) is 0. The summed E-state index contributed by atoms with van der Waals surface area (Å²) < 4.78 is 0. The molecule has 3 N–H and O–H groups in total. The molecule has 9 heteroatoms. The van der Waals surface area contributed by atoms with Crippen molar-refractivity contribution in [2.75, 3.05) is 5.43 Å². The molecule has 2 rings (SSSR count). The van der Waals surface area contributed by atoms with E-state index in [0.29, 0.717) is 5.95 Å². The summed E-state index contributed by atoms with van der Waals surface area (Å²) in [4.78, 5) is 7.47. The van der Waals surface area contributed by atoms with Crippen LogP contribution in [-0.2, 0) is 0 Å². The van der Waals surface area contributed by atoms with Crippen molar-refractivity contribution < 1.29 is 0 Å². The molecule has 0 atom stereocenters. The maximum absolute atomic E-state index is 3.75. The molecule has 0 radical (unpaired) electrons. The van der Waals surface area contributed by atoms with Crippen LogP contribution in [0.25, 0.3) is 0 Å². The van der Waals surface area contributed by atoms with Gasteiger partial charge in [0.2, 0.25) is 0 Å². The Balaban J connectivity index is 1.93. The molecule has 0 bridgehead atoms. The summed E-state index contributed by atoms with van der Waals surface area (Å²) in [5.41, 5.74) is 2.47. The van der Waals surface area contributed by atoms with E-state index in [1.807, 2.05) is 0 Å². The smallest absolute Gasteiger partial charge is 0.264 e.